The lowest BCUT2D eigenvalue weighted by Gasteiger charge is -2.31. The SMILES string of the molecule is Nc1nc2c(ncn2[C@@H]2O[C@@H]3COP(O)(=S)OC4C(NC(=O)CCOCCOCCOCCOCCOCCC(=O)ON5C(=O)C=CC5=O)[C@H](n5cnc6c(=O)[nH]c(N)nc65)O[C@@H]4COP(=O)(S)OC3C2O)c(=O)[nH]1. The van der Waals surface area contributed by atoms with Gasteiger partial charge in [0.2, 0.25) is 17.8 Å². The fourth-order valence-electron chi connectivity index (χ4n) is 7.75. The van der Waals surface area contributed by atoms with Gasteiger partial charge < -0.3 is 73.8 Å². The minimum Gasteiger partial charge on any atom is -0.386 e. The number of carbonyl (C=O) groups is 4. The van der Waals surface area contributed by atoms with E-state index >= 15 is 0 Å². The van der Waals surface area contributed by atoms with E-state index in [1.54, 1.807) is 0 Å². The molecule has 4 aromatic rings. The number of nitrogens with zero attached hydrogens (tertiary/aromatic N) is 7. The number of fused-ring (bicyclic) bond motifs is 4. The van der Waals surface area contributed by atoms with E-state index in [4.69, 9.17) is 79.4 Å². The number of carbonyl (C=O) groups excluding carboxylic acids is 4. The maximum atomic E-state index is 13.9. The first kappa shape index (κ1) is 56.0. The zero-order valence-electron chi connectivity index (χ0n) is 39.0. The number of nitrogens with one attached hydrogen (secondary N) is 3. The molecule has 33 nitrogen and oxygen atoms in total. The highest BCUT2D eigenvalue weighted by molar-refractivity contribution is 8.44. The first-order valence-corrected chi connectivity index (χ1v) is 27.9. The molecule has 9 N–H and O–H groups in total. The molecule has 8 rings (SSSR count). The monoisotopic (exact) mass is 1140 g/mol. The molecule has 0 bridgehead atoms. The molecule has 4 aliphatic rings. The number of nitrogens with two attached hydrogens (primary N) is 2. The van der Waals surface area contributed by atoms with Gasteiger partial charge in [-0.05, 0) is 11.8 Å². The number of thiol groups is 1. The number of imidazole rings is 2. The predicted molar refractivity (Wildman–Crippen MR) is 256 cm³/mol. The molecule has 75 heavy (non-hydrogen) atoms. The van der Waals surface area contributed by atoms with Crippen LogP contribution in [0.15, 0.2) is 34.4 Å². The molecule has 8 heterocycles. The molecule has 4 aromatic heterocycles. The summed E-state index contributed by atoms with van der Waals surface area (Å²) in [5.41, 5.74) is 9.83. The summed E-state index contributed by atoms with van der Waals surface area (Å²) in [6.07, 6.45) is -6.20. The second kappa shape index (κ2) is 24.9. The Kier molecular flexibility index (Phi) is 18.6. The van der Waals surface area contributed by atoms with E-state index in [0.29, 0.717) is 5.06 Å². The summed E-state index contributed by atoms with van der Waals surface area (Å²) in [6.45, 7) is -8.66. The number of hydroxylamine groups is 2. The second-order valence-electron chi connectivity index (χ2n) is 16.3. The first-order chi connectivity index (χ1) is 35.9. The maximum Gasteiger partial charge on any atom is 0.386 e. The minimum absolute atomic E-state index is 0.00501. The Hall–Kier alpha value is -5.17. The summed E-state index contributed by atoms with van der Waals surface area (Å²) < 4.78 is 79.3. The molecule has 410 valence electrons. The van der Waals surface area contributed by atoms with Crippen molar-refractivity contribution in [3.05, 3.63) is 45.5 Å². The lowest BCUT2D eigenvalue weighted by molar-refractivity contribution is -0.196. The molecule has 10 atom stereocenters. The summed E-state index contributed by atoms with van der Waals surface area (Å²) in [6, 6.07) is -1.31. The van der Waals surface area contributed by atoms with Crippen molar-refractivity contribution in [1.29, 1.82) is 0 Å². The normalized spacial score (nSPS) is 28.1. The first-order valence-electron chi connectivity index (χ1n) is 22.6. The number of rotatable bonds is 22. The molecular formula is C38H50N12O21P2S2. The van der Waals surface area contributed by atoms with Crippen molar-refractivity contribution in [1.82, 2.24) is 49.4 Å². The molecule has 37 heteroatoms. The van der Waals surface area contributed by atoms with Crippen LogP contribution in [0.25, 0.3) is 22.3 Å². The summed E-state index contributed by atoms with van der Waals surface area (Å²) in [4.78, 5) is 111. The number of H-pyrrole nitrogens is 2. The lowest BCUT2D eigenvalue weighted by Crippen LogP contribution is -2.48. The molecule has 6 unspecified atom stereocenters. The van der Waals surface area contributed by atoms with Crippen molar-refractivity contribution in [2.24, 2.45) is 0 Å². The number of aromatic nitrogens is 8. The van der Waals surface area contributed by atoms with Crippen LogP contribution in [0.5, 0.6) is 0 Å². The fraction of sp³-hybridized carbons (Fsp3) is 0.579. The van der Waals surface area contributed by atoms with Crippen LogP contribution in [-0.4, -0.2) is 194 Å². The number of anilines is 2. The van der Waals surface area contributed by atoms with Crippen LogP contribution < -0.4 is 27.9 Å². The number of aliphatic hydroxyl groups excluding tert-OH is 1. The fourth-order valence-corrected chi connectivity index (χ4v) is 10.7. The number of aromatic amines is 2. The van der Waals surface area contributed by atoms with Gasteiger partial charge in [0.1, 0.15) is 36.6 Å². The average molecular weight is 1140 g/mol. The van der Waals surface area contributed by atoms with Gasteiger partial charge in [-0.3, -0.25) is 52.1 Å². The van der Waals surface area contributed by atoms with Crippen molar-refractivity contribution >= 4 is 95.5 Å². The largest absolute Gasteiger partial charge is 0.386 e. The predicted octanol–water partition coefficient (Wildman–Crippen LogP) is -2.62. The highest BCUT2D eigenvalue weighted by Crippen LogP contribution is 2.58. The van der Waals surface area contributed by atoms with Crippen LogP contribution >= 0.6 is 25.8 Å². The number of nitrogen functional groups attached to an aromatic ring is 2. The summed E-state index contributed by atoms with van der Waals surface area (Å²) in [7, 11) is 0. The van der Waals surface area contributed by atoms with Crippen molar-refractivity contribution in [2.45, 2.75) is 61.9 Å². The third kappa shape index (κ3) is 14.1. The van der Waals surface area contributed by atoms with Gasteiger partial charge in [0, 0.05) is 18.6 Å². The van der Waals surface area contributed by atoms with Crippen LogP contribution in [0.4, 0.5) is 11.9 Å². The Bertz CT molecular complexity index is 2960. The molecule has 0 spiro atoms. The van der Waals surface area contributed by atoms with Crippen LogP contribution in [0, 0.1) is 0 Å². The van der Waals surface area contributed by atoms with Crippen molar-refractivity contribution in [3.8, 4) is 0 Å². The topological polar surface area (TPSA) is 431 Å². The summed E-state index contributed by atoms with van der Waals surface area (Å²) in [5.74, 6) is -3.42. The third-order valence-electron chi connectivity index (χ3n) is 11.1. The number of hydrogen-bond acceptors (Lipinski definition) is 27. The van der Waals surface area contributed by atoms with Crippen LogP contribution in [0.2, 0.25) is 0 Å². The molecule has 3 amide bonds. The Morgan fingerprint density at radius 2 is 1.23 bits per heavy atom. The van der Waals surface area contributed by atoms with Gasteiger partial charge in [-0.2, -0.15) is 9.97 Å². The van der Waals surface area contributed by atoms with E-state index in [2.05, 4.69) is 47.5 Å². The third-order valence-corrected chi connectivity index (χ3v) is 14.3. The molecule has 3 fully saturated rings. The number of amides is 3. The Balaban J connectivity index is 0.812. The second-order valence-corrected chi connectivity index (χ2v) is 21.9. The standard InChI is InChI=1S/C38H50N12O21P2S2/c39-37-44-31-26(33(56)46-37)41-17-48(31)35-25(43-21(51)3-5-60-7-9-62-11-13-64-14-12-63-10-8-61-6-4-24(54)69-50-22(52)1-2-23(50)53)29-19(67-35)15-65-73(59,75)71-30-20(16-66-72(58,74)70-29)68-36(28(30)55)49-18-42-27-32(49)45-38(40)47-34(27)57/h1-2,17-20,25,28-30,35-36,55H,3-16H2,(H,43,51)(H,58,74)(H,59,75)(H3,39,44,46,56)(H3,40,45,47,57)/t19-,20-,25?,28?,29?,30?,35-,36-,72?,73?/m1/s1. The van der Waals surface area contributed by atoms with Crippen LogP contribution in [0.1, 0.15) is 25.3 Å². The zero-order valence-corrected chi connectivity index (χ0v) is 42.5. The van der Waals surface area contributed by atoms with E-state index in [0.717, 1.165) is 18.5 Å². The summed E-state index contributed by atoms with van der Waals surface area (Å²) in [5, 5.41) is 14.7. The van der Waals surface area contributed by atoms with Gasteiger partial charge in [0.15, 0.2) is 34.8 Å². The van der Waals surface area contributed by atoms with Crippen molar-refractivity contribution < 1.29 is 89.8 Å². The summed E-state index contributed by atoms with van der Waals surface area (Å²) >= 11 is 9.60. The number of ether oxygens (including phenoxy) is 7. The van der Waals surface area contributed by atoms with E-state index < -0.39 is 111 Å². The smallest absolute Gasteiger partial charge is 0.386 e. The van der Waals surface area contributed by atoms with Gasteiger partial charge in [-0.25, -0.2) is 19.3 Å². The van der Waals surface area contributed by atoms with Gasteiger partial charge in [0.05, 0.1) is 98.4 Å². The van der Waals surface area contributed by atoms with Gasteiger partial charge >= 0.3 is 19.5 Å². The van der Waals surface area contributed by atoms with Gasteiger partial charge in [-0.1, -0.05) is 17.3 Å². The Labute approximate surface area is 431 Å². The van der Waals surface area contributed by atoms with E-state index in [1.807, 2.05) is 0 Å². The zero-order chi connectivity index (χ0) is 53.4. The Morgan fingerprint density at radius 1 is 0.747 bits per heavy atom. The van der Waals surface area contributed by atoms with Crippen LogP contribution in [0.3, 0.4) is 0 Å². The van der Waals surface area contributed by atoms with Crippen LogP contribution in [-0.2, 0) is 91.6 Å². The highest BCUT2D eigenvalue weighted by Gasteiger charge is 2.54. The molecule has 0 saturated carbocycles. The molecule has 0 aromatic carbocycles. The molecule has 0 aliphatic carbocycles. The highest BCUT2D eigenvalue weighted by atomic mass is 32.7. The lowest BCUT2D eigenvalue weighted by atomic mass is 10.1. The number of imide groups is 1. The van der Waals surface area contributed by atoms with Crippen molar-refractivity contribution in [3.63, 3.8) is 0 Å². The average Bonchev–Trinajstić information content (AvgIpc) is 4.19. The Morgan fingerprint density at radius 3 is 1.79 bits per heavy atom. The molecular weight excluding hydrogens is 1090 g/mol. The molecule has 0 radical (unpaired) electrons. The number of hydrogen-bond donors (Lipinski definition) is 8. The maximum absolute atomic E-state index is 13.9. The van der Waals surface area contributed by atoms with Gasteiger partial charge in [-0.15, -0.1) is 0 Å². The van der Waals surface area contributed by atoms with E-state index in [-0.39, 0.29) is 113 Å². The minimum atomic E-state index is -4.50. The molecule has 4 aliphatic heterocycles. The number of aliphatic hydroxyl groups is 1. The van der Waals surface area contributed by atoms with E-state index in [1.165, 1.54) is 15.5 Å². The van der Waals surface area contributed by atoms with Crippen molar-refractivity contribution in [2.75, 3.05) is 90.7 Å². The quantitative estimate of drug-likeness (QED) is 0.0173. The molecule has 3 saturated heterocycles. The van der Waals surface area contributed by atoms with E-state index in [9.17, 15) is 43.3 Å². The van der Waals surface area contributed by atoms with Gasteiger partial charge in [0.25, 0.3) is 22.9 Å².